The number of aliphatic hydroxyl groups excluding tert-OH is 2. The molecule has 138 valence electrons. The number of nitrogens with zero attached hydrogens (tertiary/aromatic N) is 1. The highest BCUT2D eigenvalue weighted by Gasteiger charge is 2.59. The second kappa shape index (κ2) is 6.92. The molecule has 7 nitrogen and oxygen atoms in total. The summed E-state index contributed by atoms with van der Waals surface area (Å²) in [6, 6.07) is 8.28. The van der Waals surface area contributed by atoms with E-state index in [2.05, 4.69) is 0 Å². The maximum atomic E-state index is 12.7. The molecule has 2 saturated heterocycles. The Balaban J connectivity index is 1.75. The van der Waals surface area contributed by atoms with Gasteiger partial charge in [0.25, 0.3) is 0 Å². The molecule has 0 unspecified atom stereocenters. The molecule has 3 rings (SSSR count). The summed E-state index contributed by atoms with van der Waals surface area (Å²) in [7, 11) is 0. The summed E-state index contributed by atoms with van der Waals surface area (Å²) in [5, 5.41) is 19.7. The van der Waals surface area contributed by atoms with E-state index in [-0.39, 0.29) is 18.8 Å². The van der Waals surface area contributed by atoms with Gasteiger partial charge in [0.15, 0.2) is 5.79 Å². The van der Waals surface area contributed by atoms with Crippen molar-refractivity contribution in [2.75, 3.05) is 6.61 Å². The summed E-state index contributed by atoms with van der Waals surface area (Å²) in [5.74, 6) is -0.795. The van der Waals surface area contributed by atoms with Gasteiger partial charge in [-0.05, 0) is 26.3 Å². The Bertz CT molecular complexity index is 607. The van der Waals surface area contributed by atoms with Crippen LogP contribution in [0, 0.1) is 0 Å². The van der Waals surface area contributed by atoms with Crippen molar-refractivity contribution < 1.29 is 29.2 Å². The van der Waals surface area contributed by atoms with E-state index in [4.69, 9.17) is 14.2 Å². The number of amides is 1. The Morgan fingerprint density at radius 3 is 2.56 bits per heavy atom. The summed E-state index contributed by atoms with van der Waals surface area (Å²) in [5.41, 5.74) is 0.871. The maximum absolute atomic E-state index is 12.7. The molecule has 25 heavy (non-hydrogen) atoms. The normalized spacial score (nSPS) is 31.6. The molecule has 0 spiro atoms. The quantitative estimate of drug-likeness (QED) is 0.849. The first-order valence-corrected chi connectivity index (χ1v) is 8.47. The van der Waals surface area contributed by atoms with Crippen molar-refractivity contribution in [3.05, 3.63) is 35.9 Å². The van der Waals surface area contributed by atoms with E-state index in [0.29, 0.717) is 0 Å². The van der Waals surface area contributed by atoms with E-state index in [1.54, 1.807) is 13.8 Å². The summed E-state index contributed by atoms with van der Waals surface area (Å²) in [4.78, 5) is 14.1. The third kappa shape index (κ3) is 3.50. The molecular weight excluding hydrogens is 326 g/mol. The van der Waals surface area contributed by atoms with Gasteiger partial charge in [-0.25, -0.2) is 4.79 Å². The van der Waals surface area contributed by atoms with Crippen molar-refractivity contribution in [2.45, 2.75) is 63.6 Å². The Morgan fingerprint density at radius 2 is 1.92 bits per heavy atom. The van der Waals surface area contributed by atoms with Gasteiger partial charge in [-0.2, -0.15) is 0 Å². The molecule has 2 aliphatic rings. The molecule has 1 aromatic carbocycles. The second-order valence-electron chi connectivity index (χ2n) is 6.99. The monoisotopic (exact) mass is 351 g/mol. The van der Waals surface area contributed by atoms with E-state index < -0.39 is 36.7 Å². The lowest BCUT2D eigenvalue weighted by atomic mass is 10.0. The van der Waals surface area contributed by atoms with Gasteiger partial charge in [0.1, 0.15) is 24.9 Å². The van der Waals surface area contributed by atoms with E-state index in [1.165, 1.54) is 4.90 Å². The molecule has 7 heteroatoms. The number of carbonyl (C=O) groups excluding carboxylic acids is 1. The standard InChI is InChI=1S/C18H25NO6/c1-11-15-16(25-18(2,3)24-15)14(13(21)9-20)19(11)17(22)23-10-12-7-5-4-6-8-12/h4-8,11,13-16,20-21H,9-10H2,1-3H3/t11-,13-,14-,15+,16-/m0/s1. The van der Waals surface area contributed by atoms with E-state index >= 15 is 0 Å². The Labute approximate surface area is 147 Å². The average Bonchev–Trinajstić information content (AvgIpc) is 3.04. The van der Waals surface area contributed by atoms with Crippen LogP contribution in [0.4, 0.5) is 4.79 Å². The van der Waals surface area contributed by atoms with Crippen molar-refractivity contribution in [3.8, 4) is 0 Å². The van der Waals surface area contributed by atoms with Gasteiger partial charge in [-0.15, -0.1) is 0 Å². The van der Waals surface area contributed by atoms with Crippen molar-refractivity contribution >= 4 is 6.09 Å². The predicted octanol–water partition coefficient (Wildman–Crippen LogP) is 1.27. The van der Waals surface area contributed by atoms with Crippen LogP contribution in [-0.2, 0) is 20.8 Å². The van der Waals surface area contributed by atoms with E-state index in [0.717, 1.165) is 5.56 Å². The molecule has 5 atom stereocenters. The number of fused-ring (bicyclic) bond motifs is 1. The largest absolute Gasteiger partial charge is 0.445 e. The Morgan fingerprint density at radius 1 is 1.28 bits per heavy atom. The van der Waals surface area contributed by atoms with Gasteiger partial charge >= 0.3 is 6.09 Å². The number of aliphatic hydroxyl groups is 2. The van der Waals surface area contributed by atoms with Crippen LogP contribution in [0.3, 0.4) is 0 Å². The molecule has 2 heterocycles. The molecular formula is C18H25NO6. The molecule has 2 fully saturated rings. The summed E-state index contributed by atoms with van der Waals surface area (Å²) < 4.78 is 17.2. The van der Waals surface area contributed by atoms with Gasteiger partial charge in [-0.1, -0.05) is 30.3 Å². The first-order chi connectivity index (χ1) is 11.8. The fourth-order valence-electron chi connectivity index (χ4n) is 3.64. The number of rotatable bonds is 4. The third-order valence-electron chi connectivity index (χ3n) is 4.73. The molecule has 0 aromatic heterocycles. The second-order valence-corrected chi connectivity index (χ2v) is 6.99. The number of likely N-dealkylation sites (tertiary alicyclic amines) is 1. The minimum absolute atomic E-state index is 0.132. The van der Waals surface area contributed by atoms with Crippen LogP contribution >= 0.6 is 0 Å². The van der Waals surface area contributed by atoms with Crippen molar-refractivity contribution in [1.82, 2.24) is 4.90 Å². The highest BCUT2D eigenvalue weighted by molar-refractivity contribution is 5.69. The zero-order valence-electron chi connectivity index (χ0n) is 14.7. The number of ether oxygens (including phenoxy) is 3. The Hall–Kier alpha value is -1.67. The zero-order chi connectivity index (χ0) is 18.2. The van der Waals surface area contributed by atoms with Crippen LogP contribution in [-0.4, -0.2) is 64.0 Å². The zero-order valence-corrected chi connectivity index (χ0v) is 14.7. The van der Waals surface area contributed by atoms with Crippen molar-refractivity contribution in [2.24, 2.45) is 0 Å². The van der Waals surface area contributed by atoms with Gasteiger partial charge in [0.2, 0.25) is 0 Å². The number of hydrogen-bond donors (Lipinski definition) is 2. The average molecular weight is 351 g/mol. The predicted molar refractivity (Wildman–Crippen MR) is 88.6 cm³/mol. The topological polar surface area (TPSA) is 88.5 Å². The van der Waals surface area contributed by atoms with Gasteiger partial charge in [-0.3, -0.25) is 4.90 Å². The maximum Gasteiger partial charge on any atom is 0.410 e. The number of benzene rings is 1. The first-order valence-electron chi connectivity index (χ1n) is 8.47. The molecule has 2 aliphatic heterocycles. The Kier molecular flexibility index (Phi) is 5.02. The molecule has 0 saturated carbocycles. The first kappa shape index (κ1) is 18.1. The van der Waals surface area contributed by atoms with Gasteiger partial charge in [0, 0.05) is 0 Å². The van der Waals surface area contributed by atoms with Crippen molar-refractivity contribution in [3.63, 3.8) is 0 Å². The fourth-order valence-corrected chi connectivity index (χ4v) is 3.64. The van der Waals surface area contributed by atoms with Crippen LogP contribution < -0.4 is 0 Å². The molecule has 0 bridgehead atoms. The van der Waals surface area contributed by atoms with Gasteiger partial charge in [0.05, 0.1) is 18.7 Å². The minimum Gasteiger partial charge on any atom is -0.445 e. The van der Waals surface area contributed by atoms with Crippen LogP contribution in [0.1, 0.15) is 26.3 Å². The lowest BCUT2D eigenvalue weighted by Gasteiger charge is -2.34. The molecule has 2 N–H and O–H groups in total. The third-order valence-corrected chi connectivity index (χ3v) is 4.73. The molecule has 1 amide bonds. The van der Waals surface area contributed by atoms with Crippen molar-refractivity contribution in [1.29, 1.82) is 0 Å². The lowest BCUT2D eigenvalue weighted by molar-refractivity contribution is -0.171. The summed E-state index contributed by atoms with van der Waals surface area (Å²) in [6.45, 7) is 5.06. The summed E-state index contributed by atoms with van der Waals surface area (Å²) in [6.07, 6.45) is -2.60. The van der Waals surface area contributed by atoms with Crippen LogP contribution in [0.15, 0.2) is 30.3 Å². The highest BCUT2D eigenvalue weighted by Crippen LogP contribution is 2.41. The minimum atomic E-state index is -1.14. The van der Waals surface area contributed by atoms with Crippen LogP contribution in [0.2, 0.25) is 0 Å². The number of carbonyl (C=O) groups is 1. The SMILES string of the molecule is C[C@H]1[C@H]2OC(C)(C)O[C@H]2[C@H]([C@@H](O)CO)N1C(=O)OCc1ccccc1. The van der Waals surface area contributed by atoms with Crippen LogP contribution in [0.25, 0.3) is 0 Å². The highest BCUT2D eigenvalue weighted by atomic mass is 16.8. The van der Waals surface area contributed by atoms with E-state index in [1.807, 2.05) is 37.3 Å². The van der Waals surface area contributed by atoms with Gasteiger partial charge < -0.3 is 24.4 Å². The smallest absolute Gasteiger partial charge is 0.410 e. The lowest BCUT2D eigenvalue weighted by Crippen LogP contribution is -2.52. The molecule has 0 radical (unpaired) electrons. The van der Waals surface area contributed by atoms with E-state index in [9.17, 15) is 15.0 Å². The van der Waals surface area contributed by atoms with Crippen LogP contribution in [0.5, 0.6) is 0 Å². The molecule has 1 aromatic rings. The summed E-state index contributed by atoms with van der Waals surface area (Å²) >= 11 is 0. The fraction of sp³-hybridized carbons (Fsp3) is 0.611. The number of hydrogen-bond acceptors (Lipinski definition) is 6. The molecule has 0 aliphatic carbocycles.